The molecule has 0 aromatic heterocycles. The molecule has 0 fully saturated rings. The van der Waals surface area contributed by atoms with Crippen molar-refractivity contribution < 1.29 is 23.0 Å². The van der Waals surface area contributed by atoms with Gasteiger partial charge in [-0.25, -0.2) is 13.6 Å². The van der Waals surface area contributed by atoms with Crippen molar-refractivity contribution >= 4 is 17.3 Å². The minimum Gasteiger partial charge on any atom is -0.462 e. The van der Waals surface area contributed by atoms with Crippen LogP contribution in [0.25, 0.3) is 0 Å². The Balaban J connectivity index is 2.58. The molecule has 0 aliphatic rings. The molecule has 0 bridgehead atoms. The fraction of sp³-hybridized carbons (Fsp3) is 0.462. The average Bonchev–Trinajstić information content (AvgIpc) is 2.39. The van der Waals surface area contributed by atoms with Crippen LogP contribution in [0.1, 0.15) is 17.3 Å². The first-order valence-corrected chi connectivity index (χ1v) is 6.21. The summed E-state index contributed by atoms with van der Waals surface area (Å²) in [7, 11) is 0. The Morgan fingerprint density at radius 3 is 2.85 bits per heavy atom. The second-order valence-corrected chi connectivity index (χ2v) is 3.92. The fourth-order valence-corrected chi connectivity index (χ4v) is 1.52. The second kappa shape index (κ2) is 8.31. The normalized spacial score (nSPS) is 10.6. The van der Waals surface area contributed by atoms with Crippen molar-refractivity contribution in [1.82, 2.24) is 0 Å². The number of nitrogen functional groups attached to an aromatic ring is 1. The van der Waals surface area contributed by atoms with Crippen molar-refractivity contribution in [3.05, 3.63) is 23.8 Å². The second-order valence-electron chi connectivity index (χ2n) is 3.92. The molecule has 0 amide bonds. The Hall–Kier alpha value is -1.89. The van der Waals surface area contributed by atoms with Gasteiger partial charge in [-0.1, -0.05) is 0 Å². The molecule has 0 aliphatic heterocycles. The molecule has 7 heteroatoms. The van der Waals surface area contributed by atoms with E-state index >= 15 is 0 Å². The van der Waals surface area contributed by atoms with Gasteiger partial charge in [0.1, 0.15) is 6.61 Å². The largest absolute Gasteiger partial charge is 0.462 e. The summed E-state index contributed by atoms with van der Waals surface area (Å²) in [4.78, 5) is 11.7. The van der Waals surface area contributed by atoms with Crippen LogP contribution >= 0.6 is 0 Å². The number of carbonyl (C=O) groups is 1. The van der Waals surface area contributed by atoms with Crippen molar-refractivity contribution in [3.63, 3.8) is 0 Å². The highest BCUT2D eigenvalue weighted by Gasteiger charge is 2.12. The van der Waals surface area contributed by atoms with E-state index in [2.05, 4.69) is 5.32 Å². The molecule has 1 rings (SSSR count). The Labute approximate surface area is 116 Å². The Morgan fingerprint density at radius 2 is 2.20 bits per heavy atom. The van der Waals surface area contributed by atoms with Crippen molar-refractivity contribution in [2.75, 3.05) is 37.4 Å². The molecule has 5 nitrogen and oxygen atoms in total. The zero-order valence-corrected chi connectivity index (χ0v) is 11.2. The quantitative estimate of drug-likeness (QED) is 0.435. The lowest BCUT2D eigenvalue weighted by molar-refractivity contribution is 0.0215. The Bertz CT molecular complexity index is 442. The fourth-order valence-electron chi connectivity index (χ4n) is 1.52. The van der Waals surface area contributed by atoms with Gasteiger partial charge in [-0.2, -0.15) is 0 Å². The molecule has 20 heavy (non-hydrogen) atoms. The van der Waals surface area contributed by atoms with Crippen molar-refractivity contribution in [1.29, 1.82) is 0 Å². The number of alkyl halides is 2. The smallest absolute Gasteiger partial charge is 0.340 e. The van der Waals surface area contributed by atoms with Gasteiger partial charge < -0.3 is 20.5 Å². The van der Waals surface area contributed by atoms with Gasteiger partial charge in [0.15, 0.2) is 0 Å². The Kier molecular flexibility index (Phi) is 6.72. The summed E-state index contributed by atoms with van der Waals surface area (Å²) < 4.78 is 33.4. The highest BCUT2D eigenvalue weighted by molar-refractivity contribution is 5.96. The molecular formula is C13H18F2N2O3. The number of nitrogens with one attached hydrogen (secondary N) is 1. The number of ether oxygens (including phenoxy) is 2. The van der Waals surface area contributed by atoms with E-state index in [1.54, 1.807) is 19.1 Å². The molecular weight excluding hydrogens is 270 g/mol. The lowest BCUT2D eigenvalue weighted by atomic mass is 10.1. The monoisotopic (exact) mass is 288 g/mol. The number of hydrogen-bond acceptors (Lipinski definition) is 5. The maximum atomic E-state index is 11.9. The van der Waals surface area contributed by atoms with Crippen LogP contribution in [-0.2, 0) is 9.47 Å². The van der Waals surface area contributed by atoms with Crippen molar-refractivity contribution in [2.45, 2.75) is 13.3 Å². The SMILES string of the molecule is CCOC(=O)c1cc(N)ccc1NCCOCC(F)F. The van der Waals surface area contributed by atoms with Crippen LogP contribution in [0.5, 0.6) is 0 Å². The standard InChI is InChI=1S/C13H18F2N2O3/c1-2-20-13(18)10-7-9(16)3-4-11(10)17-5-6-19-8-12(14)15/h3-4,7,12,17H,2,5-6,8,16H2,1H3. The van der Waals surface area contributed by atoms with Crippen LogP contribution in [0.15, 0.2) is 18.2 Å². The number of rotatable bonds is 8. The minimum absolute atomic E-state index is 0.108. The summed E-state index contributed by atoms with van der Waals surface area (Å²) in [5, 5.41) is 2.93. The van der Waals surface area contributed by atoms with Crippen molar-refractivity contribution in [3.8, 4) is 0 Å². The molecule has 0 aliphatic carbocycles. The van der Waals surface area contributed by atoms with Crippen LogP contribution in [0, 0.1) is 0 Å². The molecule has 0 atom stereocenters. The maximum Gasteiger partial charge on any atom is 0.340 e. The van der Waals surface area contributed by atoms with E-state index in [0.717, 1.165) is 0 Å². The first-order chi connectivity index (χ1) is 9.54. The third-order valence-electron chi connectivity index (χ3n) is 2.34. The lowest BCUT2D eigenvalue weighted by Gasteiger charge is -2.12. The highest BCUT2D eigenvalue weighted by atomic mass is 19.3. The van der Waals surface area contributed by atoms with Crippen LogP contribution in [0.4, 0.5) is 20.2 Å². The van der Waals surface area contributed by atoms with Gasteiger partial charge in [0.25, 0.3) is 6.43 Å². The zero-order valence-electron chi connectivity index (χ0n) is 11.2. The van der Waals surface area contributed by atoms with Gasteiger partial charge >= 0.3 is 5.97 Å². The van der Waals surface area contributed by atoms with E-state index in [0.29, 0.717) is 23.5 Å². The molecule has 1 aromatic rings. The third-order valence-corrected chi connectivity index (χ3v) is 2.34. The van der Waals surface area contributed by atoms with Crippen molar-refractivity contribution in [2.24, 2.45) is 0 Å². The molecule has 112 valence electrons. The zero-order chi connectivity index (χ0) is 15.0. The average molecular weight is 288 g/mol. The molecule has 0 spiro atoms. The van der Waals surface area contributed by atoms with Gasteiger partial charge in [-0.05, 0) is 25.1 Å². The predicted molar refractivity (Wildman–Crippen MR) is 72.1 cm³/mol. The summed E-state index contributed by atoms with van der Waals surface area (Å²) in [5.41, 5.74) is 6.90. The third kappa shape index (κ3) is 5.40. The Morgan fingerprint density at radius 1 is 1.45 bits per heavy atom. The molecule has 0 radical (unpaired) electrons. The molecule has 1 aromatic carbocycles. The van der Waals surface area contributed by atoms with E-state index in [-0.39, 0.29) is 13.2 Å². The number of nitrogens with two attached hydrogens (primary N) is 1. The van der Waals surface area contributed by atoms with Gasteiger partial charge in [0, 0.05) is 17.9 Å². The maximum absolute atomic E-state index is 11.9. The van der Waals surface area contributed by atoms with E-state index in [1.807, 2.05) is 0 Å². The van der Waals surface area contributed by atoms with E-state index < -0.39 is 19.0 Å². The molecule has 0 heterocycles. The molecule has 0 saturated heterocycles. The number of halogens is 2. The van der Waals surface area contributed by atoms with Gasteiger partial charge in [-0.15, -0.1) is 0 Å². The molecule has 0 unspecified atom stereocenters. The van der Waals surface area contributed by atoms with Crippen LogP contribution < -0.4 is 11.1 Å². The van der Waals surface area contributed by atoms with Crippen LogP contribution in [0.2, 0.25) is 0 Å². The van der Waals surface area contributed by atoms with Crippen LogP contribution in [0.3, 0.4) is 0 Å². The van der Waals surface area contributed by atoms with E-state index in [9.17, 15) is 13.6 Å². The summed E-state index contributed by atoms with van der Waals surface area (Å²) in [6, 6.07) is 4.76. The lowest BCUT2D eigenvalue weighted by Crippen LogP contribution is -2.15. The topological polar surface area (TPSA) is 73.6 Å². The summed E-state index contributed by atoms with van der Waals surface area (Å²) >= 11 is 0. The molecule has 3 N–H and O–H groups in total. The summed E-state index contributed by atoms with van der Waals surface area (Å²) in [6.45, 7) is 1.76. The highest BCUT2D eigenvalue weighted by Crippen LogP contribution is 2.19. The van der Waals surface area contributed by atoms with E-state index in [1.165, 1.54) is 6.07 Å². The summed E-state index contributed by atoms with van der Waals surface area (Å²) in [6.07, 6.45) is -2.48. The van der Waals surface area contributed by atoms with Crippen LogP contribution in [-0.4, -0.2) is 38.8 Å². The number of anilines is 2. The van der Waals surface area contributed by atoms with Gasteiger partial charge in [-0.3, -0.25) is 0 Å². The predicted octanol–water partition coefficient (Wildman–Crippen LogP) is 2.14. The first-order valence-electron chi connectivity index (χ1n) is 6.21. The van der Waals surface area contributed by atoms with E-state index in [4.69, 9.17) is 15.2 Å². The number of esters is 1. The number of benzene rings is 1. The van der Waals surface area contributed by atoms with Gasteiger partial charge in [0.05, 0.1) is 18.8 Å². The number of carbonyl (C=O) groups excluding carboxylic acids is 1. The number of hydrogen-bond donors (Lipinski definition) is 2. The van der Waals surface area contributed by atoms with Gasteiger partial charge in [0.2, 0.25) is 0 Å². The summed E-state index contributed by atoms with van der Waals surface area (Å²) in [5.74, 6) is -0.490. The minimum atomic E-state index is -2.48. The molecule has 0 saturated carbocycles. The first kappa shape index (κ1) is 16.2.